The third-order valence-electron chi connectivity index (χ3n) is 5.76. The van der Waals surface area contributed by atoms with E-state index in [1.807, 2.05) is 0 Å². The Labute approximate surface area is 170 Å². The van der Waals surface area contributed by atoms with Crippen LogP contribution in [0, 0.1) is 11.7 Å². The average Bonchev–Trinajstić information content (AvgIpc) is 3.58. The van der Waals surface area contributed by atoms with Gasteiger partial charge in [-0.3, -0.25) is 4.79 Å². The standard InChI is InChI=1S/C22H27FN4O2/c1-29-20-8-11-24-22(25-20)26-12-9-19(10-13-26)27(15-17-2-3-17)21(28)14-16-4-6-18(23)7-5-16/h4-8,11,17,19H,2-3,9-10,12-15H2,1H3. The topological polar surface area (TPSA) is 58.6 Å². The molecule has 1 aromatic heterocycles. The molecule has 2 aromatic rings. The van der Waals surface area contributed by atoms with E-state index >= 15 is 0 Å². The summed E-state index contributed by atoms with van der Waals surface area (Å²) in [6.07, 6.45) is 6.23. The molecule has 0 radical (unpaired) electrons. The fourth-order valence-electron chi connectivity index (χ4n) is 3.89. The van der Waals surface area contributed by atoms with Crippen molar-refractivity contribution < 1.29 is 13.9 Å². The van der Waals surface area contributed by atoms with Gasteiger partial charge < -0.3 is 14.5 Å². The lowest BCUT2D eigenvalue weighted by molar-refractivity contribution is -0.133. The first-order valence-electron chi connectivity index (χ1n) is 10.3. The summed E-state index contributed by atoms with van der Waals surface area (Å²) in [5, 5.41) is 0. The van der Waals surface area contributed by atoms with Gasteiger partial charge in [-0.25, -0.2) is 9.37 Å². The Morgan fingerprint density at radius 2 is 1.90 bits per heavy atom. The van der Waals surface area contributed by atoms with Crippen molar-refractivity contribution in [1.82, 2.24) is 14.9 Å². The second-order valence-corrected chi connectivity index (χ2v) is 7.91. The number of halogens is 1. The molecule has 1 saturated carbocycles. The van der Waals surface area contributed by atoms with Gasteiger partial charge in [-0.2, -0.15) is 4.98 Å². The summed E-state index contributed by atoms with van der Waals surface area (Å²) in [6, 6.07) is 8.20. The van der Waals surface area contributed by atoms with Crippen LogP contribution in [-0.2, 0) is 11.2 Å². The van der Waals surface area contributed by atoms with E-state index in [9.17, 15) is 9.18 Å². The lowest BCUT2D eigenvalue weighted by atomic mass is 10.0. The highest BCUT2D eigenvalue weighted by atomic mass is 19.1. The van der Waals surface area contributed by atoms with Gasteiger partial charge in [0, 0.05) is 37.9 Å². The van der Waals surface area contributed by atoms with E-state index in [4.69, 9.17) is 4.74 Å². The number of ether oxygens (including phenoxy) is 1. The number of amides is 1. The van der Waals surface area contributed by atoms with Gasteiger partial charge in [-0.05, 0) is 49.3 Å². The highest BCUT2D eigenvalue weighted by molar-refractivity contribution is 5.79. The smallest absolute Gasteiger partial charge is 0.228 e. The monoisotopic (exact) mass is 398 g/mol. The zero-order chi connectivity index (χ0) is 20.2. The molecular formula is C22H27FN4O2. The second-order valence-electron chi connectivity index (χ2n) is 7.91. The van der Waals surface area contributed by atoms with Gasteiger partial charge in [0.2, 0.25) is 17.7 Å². The van der Waals surface area contributed by atoms with Gasteiger partial charge in [0.15, 0.2) is 0 Å². The van der Waals surface area contributed by atoms with Crippen LogP contribution in [0.25, 0.3) is 0 Å². The molecule has 2 heterocycles. The number of rotatable bonds is 7. The Kier molecular flexibility index (Phi) is 5.92. The van der Waals surface area contributed by atoms with Gasteiger partial charge in [0.1, 0.15) is 5.82 Å². The van der Waals surface area contributed by atoms with Crippen LogP contribution in [0.1, 0.15) is 31.2 Å². The summed E-state index contributed by atoms with van der Waals surface area (Å²) in [6.45, 7) is 2.45. The van der Waals surface area contributed by atoms with Crippen molar-refractivity contribution in [2.75, 3.05) is 31.6 Å². The summed E-state index contributed by atoms with van der Waals surface area (Å²) >= 11 is 0. The highest BCUT2D eigenvalue weighted by Crippen LogP contribution is 2.32. The van der Waals surface area contributed by atoms with Crippen LogP contribution in [0.4, 0.5) is 10.3 Å². The first-order chi connectivity index (χ1) is 14.1. The minimum absolute atomic E-state index is 0.139. The van der Waals surface area contributed by atoms with Gasteiger partial charge in [-0.15, -0.1) is 0 Å². The molecule has 2 fully saturated rings. The van der Waals surface area contributed by atoms with E-state index in [1.54, 1.807) is 31.5 Å². The Morgan fingerprint density at radius 3 is 2.55 bits per heavy atom. The predicted octanol–water partition coefficient (Wildman–Crippen LogP) is 3.07. The predicted molar refractivity (Wildman–Crippen MR) is 108 cm³/mol. The molecule has 1 aliphatic heterocycles. The quantitative estimate of drug-likeness (QED) is 0.717. The fraction of sp³-hybridized carbons (Fsp3) is 0.500. The lowest BCUT2D eigenvalue weighted by Gasteiger charge is -2.39. The SMILES string of the molecule is COc1ccnc(N2CCC(N(CC3CC3)C(=O)Cc3ccc(F)cc3)CC2)n1. The van der Waals surface area contributed by atoms with Gasteiger partial charge >= 0.3 is 0 Å². The molecule has 154 valence electrons. The van der Waals surface area contributed by atoms with Crippen molar-refractivity contribution in [2.24, 2.45) is 5.92 Å². The van der Waals surface area contributed by atoms with Crippen molar-refractivity contribution in [1.29, 1.82) is 0 Å². The summed E-state index contributed by atoms with van der Waals surface area (Å²) in [7, 11) is 1.60. The van der Waals surface area contributed by atoms with Crippen molar-refractivity contribution in [3.05, 3.63) is 47.9 Å². The van der Waals surface area contributed by atoms with Crippen LogP contribution in [0.15, 0.2) is 36.5 Å². The highest BCUT2D eigenvalue weighted by Gasteiger charge is 2.33. The van der Waals surface area contributed by atoms with E-state index in [-0.39, 0.29) is 17.8 Å². The molecule has 0 N–H and O–H groups in total. The third-order valence-corrected chi connectivity index (χ3v) is 5.76. The number of benzene rings is 1. The maximum atomic E-state index is 13.2. The van der Waals surface area contributed by atoms with Crippen LogP contribution >= 0.6 is 0 Å². The zero-order valence-electron chi connectivity index (χ0n) is 16.8. The maximum Gasteiger partial charge on any atom is 0.228 e. The summed E-state index contributed by atoms with van der Waals surface area (Å²) in [5.41, 5.74) is 0.861. The molecule has 1 aliphatic carbocycles. The number of hydrogen-bond donors (Lipinski definition) is 0. The van der Waals surface area contributed by atoms with Crippen LogP contribution in [0.2, 0.25) is 0 Å². The fourth-order valence-corrected chi connectivity index (χ4v) is 3.89. The van der Waals surface area contributed by atoms with Crippen LogP contribution in [-0.4, -0.2) is 53.6 Å². The molecule has 0 bridgehead atoms. The number of nitrogens with zero attached hydrogens (tertiary/aromatic N) is 4. The summed E-state index contributed by atoms with van der Waals surface area (Å²) in [4.78, 5) is 26.1. The van der Waals surface area contributed by atoms with Crippen LogP contribution in [0.5, 0.6) is 5.88 Å². The molecule has 29 heavy (non-hydrogen) atoms. The Bertz CT molecular complexity index is 833. The van der Waals surface area contributed by atoms with Crippen molar-refractivity contribution in [3.8, 4) is 5.88 Å². The van der Waals surface area contributed by atoms with Crippen molar-refractivity contribution in [2.45, 2.75) is 38.1 Å². The van der Waals surface area contributed by atoms with E-state index in [1.165, 1.54) is 25.0 Å². The zero-order valence-corrected chi connectivity index (χ0v) is 16.8. The summed E-state index contributed by atoms with van der Waals surface area (Å²) in [5.74, 6) is 1.73. The van der Waals surface area contributed by atoms with E-state index in [0.717, 1.165) is 38.0 Å². The molecule has 4 rings (SSSR count). The molecule has 0 atom stereocenters. The first-order valence-corrected chi connectivity index (χ1v) is 10.3. The second kappa shape index (κ2) is 8.76. The van der Waals surface area contributed by atoms with E-state index in [0.29, 0.717) is 24.2 Å². The van der Waals surface area contributed by atoms with Gasteiger partial charge in [0.25, 0.3) is 0 Å². The molecule has 0 spiro atoms. The molecule has 6 nitrogen and oxygen atoms in total. The maximum absolute atomic E-state index is 13.2. The number of hydrogen-bond acceptors (Lipinski definition) is 5. The van der Waals surface area contributed by atoms with Crippen molar-refractivity contribution >= 4 is 11.9 Å². The minimum Gasteiger partial charge on any atom is -0.481 e. The van der Waals surface area contributed by atoms with Gasteiger partial charge in [-0.1, -0.05) is 12.1 Å². The number of aromatic nitrogens is 2. The molecule has 1 amide bonds. The number of anilines is 1. The van der Waals surface area contributed by atoms with Crippen LogP contribution < -0.4 is 9.64 Å². The van der Waals surface area contributed by atoms with Crippen molar-refractivity contribution in [3.63, 3.8) is 0 Å². The number of carbonyl (C=O) groups is 1. The summed E-state index contributed by atoms with van der Waals surface area (Å²) < 4.78 is 18.4. The molecule has 1 saturated heterocycles. The van der Waals surface area contributed by atoms with E-state index in [2.05, 4.69) is 19.8 Å². The third kappa shape index (κ3) is 5.02. The molecule has 2 aliphatic rings. The number of carbonyl (C=O) groups excluding carboxylic acids is 1. The molecule has 0 unspecified atom stereocenters. The molecule has 7 heteroatoms. The van der Waals surface area contributed by atoms with Gasteiger partial charge in [0.05, 0.1) is 13.5 Å². The van der Waals surface area contributed by atoms with E-state index < -0.39 is 0 Å². The minimum atomic E-state index is -0.275. The first kappa shape index (κ1) is 19.6. The Morgan fingerprint density at radius 1 is 1.17 bits per heavy atom. The Hall–Kier alpha value is -2.70. The molecular weight excluding hydrogens is 371 g/mol. The number of methoxy groups -OCH3 is 1. The average molecular weight is 398 g/mol. The molecule has 1 aromatic carbocycles. The normalized spacial score (nSPS) is 17.2. The Balaban J connectivity index is 1.39. The number of piperidine rings is 1. The largest absolute Gasteiger partial charge is 0.481 e. The van der Waals surface area contributed by atoms with Crippen LogP contribution in [0.3, 0.4) is 0 Å². The lowest BCUT2D eigenvalue weighted by Crippen LogP contribution is -2.49.